The Balaban J connectivity index is 2.83. The van der Waals surface area contributed by atoms with Crippen molar-refractivity contribution in [1.82, 2.24) is 0 Å². The molecular weight excluding hydrogens is 283 g/mol. The van der Waals surface area contributed by atoms with E-state index in [1.807, 2.05) is 0 Å². The van der Waals surface area contributed by atoms with Crippen molar-refractivity contribution < 1.29 is 37.7 Å². The number of carboxylic acid groups (broad SMARTS) is 2. The molecule has 0 aromatic heterocycles. The van der Waals surface area contributed by atoms with Gasteiger partial charge in [-0.25, -0.2) is 9.59 Å². The first kappa shape index (κ1) is 15.3. The zero-order valence-corrected chi connectivity index (χ0v) is 9.64. The largest absolute Gasteiger partial charge is 0.573 e. The van der Waals surface area contributed by atoms with Crippen LogP contribution in [0.3, 0.4) is 0 Å². The summed E-state index contributed by atoms with van der Waals surface area (Å²) in [6.45, 7) is 0. The average Bonchev–Trinajstić information content (AvgIpc) is 2.28. The maximum atomic E-state index is 11.9. The van der Waals surface area contributed by atoms with E-state index in [1.165, 1.54) is 0 Å². The van der Waals surface area contributed by atoms with Crippen LogP contribution >= 0.6 is 0 Å². The molecule has 3 N–H and O–H groups in total. The number of hydrogen-bond donors (Lipinski definition) is 3. The number of carboxylic acids is 2. The highest BCUT2D eigenvalue weighted by Gasteiger charge is 2.30. The monoisotopic (exact) mass is 291 g/mol. The third kappa shape index (κ3) is 5.29. The molecule has 9 heteroatoms. The molecule has 108 valence electrons. The Morgan fingerprint density at radius 1 is 1.15 bits per heavy atom. The molecule has 0 atom stereocenters. The Kier molecular flexibility index (Phi) is 4.57. The Hall–Kier alpha value is -2.71. The molecular formula is C11H8F3NO5. The van der Waals surface area contributed by atoms with Crippen molar-refractivity contribution in [3.63, 3.8) is 0 Å². The third-order valence-corrected chi connectivity index (χ3v) is 1.87. The third-order valence-electron chi connectivity index (χ3n) is 1.87. The van der Waals surface area contributed by atoms with Gasteiger partial charge < -0.3 is 20.3 Å². The van der Waals surface area contributed by atoms with Gasteiger partial charge in [0.25, 0.3) is 0 Å². The van der Waals surface area contributed by atoms with E-state index in [4.69, 9.17) is 10.2 Å². The fourth-order valence-electron chi connectivity index (χ4n) is 1.17. The number of carbonyl (C=O) groups is 2. The Bertz CT molecular complexity index is 536. The molecule has 0 radical (unpaired) electrons. The standard InChI is InChI=1S/C11H8F3NO5/c12-11(13,14)20-7-3-1-6(2-4-7)15-8(10(18)19)5-9(16)17/h1-5,15H,(H,16,17)(H,18,19)/b8-5-. The molecule has 6 nitrogen and oxygen atoms in total. The fraction of sp³-hybridized carbons (Fsp3) is 0.0909. The Morgan fingerprint density at radius 3 is 2.10 bits per heavy atom. The summed E-state index contributed by atoms with van der Waals surface area (Å²) in [5, 5.41) is 19.4. The predicted molar refractivity (Wildman–Crippen MR) is 60.1 cm³/mol. The molecule has 0 bridgehead atoms. The van der Waals surface area contributed by atoms with Gasteiger partial charge in [0.05, 0.1) is 6.08 Å². The van der Waals surface area contributed by atoms with Gasteiger partial charge in [-0.1, -0.05) is 0 Å². The van der Waals surface area contributed by atoms with Gasteiger partial charge in [-0.05, 0) is 24.3 Å². The van der Waals surface area contributed by atoms with Crippen molar-refractivity contribution in [2.75, 3.05) is 5.32 Å². The summed E-state index contributed by atoms with van der Waals surface area (Å²) >= 11 is 0. The number of halogens is 3. The summed E-state index contributed by atoms with van der Waals surface area (Å²) in [4.78, 5) is 21.1. The van der Waals surface area contributed by atoms with E-state index < -0.39 is 29.7 Å². The van der Waals surface area contributed by atoms with Crippen LogP contribution < -0.4 is 10.1 Å². The molecule has 0 aliphatic carbocycles. The zero-order chi connectivity index (χ0) is 15.3. The van der Waals surface area contributed by atoms with Crippen molar-refractivity contribution in [2.45, 2.75) is 6.36 Å². The lowest BCUT2D eigenvalue weighted by Crippen LogP contribution is -2.17. The number of nitrogens with one attached hydrogen (secondary N) is 1. The second-order valence-corrected chi connectivity index (χ2v) is 3.40. The molecule has 0 amide bonds. The number of anilines is 1. The minimum atomic E-state index is -4.83. The Morgan fingerprint density at radius 2 is 1.70 bits per heavy atom. The summed E-state index contributed by atoms with van der Waals surface area (Å²) in [6.07, 6.45) is -4.41. The van der Waals surface area contributed by atoms with Crippen LogP contribution in [0.15, 0.2) is 36.0 Å². The molecule has 0 saturated carbocycles. The first-order chi connectivity index (χ1) is 9.17. The SMILES string of the molecule is O=C(O)/C=C(\Nc1ccc(OC(F)(F)F)cc1)C(=O)O. The van der Waals surface area contributed by atoms with Crippen LogP contribution in [0, 0.1) is 0 Å². The summed E-state index contributed by atoms with van der Waals surface area (Å²) in [5.41, 5.74) is -0.545. The molecule has 1 aromatic rings. The van der Waals surface area contributed by atoms with Gasteiger partial charge in [0.1, 0.15) is 11.4 Å². The summed E-state index contributed by atoms with van der Waals surface area (Å²) in [5.74, 6) is -3.49. The van der Waals surface area contributed by atoms with Crippen LogP contribution in [0.5, 0.6) is 5.75 Å². The van der Waals surface area contributed by atoms with E-state index in [9.17, 15) is 22.8 Å². The van der Waals surface area contributed by atoms with Crippen molar-refractivity contribution in [2.24, 2.45) is 0 Å². The second kappa shape index (κ2) is 5.95. The number of aliphatic carboxylic acids is 2. The van der Waals surface area contributed by atoms with Crippen LogP contribution in [-0.4, -0.2) is 28.5 Å². The second-order valence-electron chi connectivity index (χ2n) is 3.40. The molecule has 0 aliphatic rings. The highest BCUT2D eigenvalue weighted by molar-refractivity contribution is 5.97. The summed E-state index contributed by atoms with van der Waals surface area (Å²) in [6, 6.07) is 4.13. The number of ether oxygens (including phenoxy) is 1. The molecule has 1 rings (SSSR count). The average molecular weight is 291 g/mol. The molecule has 0 fully saturated rings. The fourth-order valence-corrected chi connectivity index (χ4v) is 1.17. The molecule has 0 aliphatic heterocycles. The van der Waals surface area contributed by atoms with E-state index in [2.05, 4.69) is 10.1 Å². The normalized spacial score (nSPS) is 11.8. The Labute approximate surface area is 110 Å². The van der Waals surface area contributed by atoms with Crippen LogP contribution in [-0.2, 0) is 9.59 Å². The lowest BCUT2D eigenvalue weighted by Gasteiger charge is -2.10. The van der Waals surface area contributed by atoms with Gasteiger partial charge in [0.15, 0.2) is 0 Å². The van der Waals surface area contributed by atoms with Crippen molar-refractivity contribution in [3.8, 4) is 5.75 Å². The molecule has 0 saturated heterocycles. The van der Waals surface area contributed by atoms with Crippen molar-refractivity contribution in [1.29, 1.82) is 0 Å². The van der Waals surface area contributed by atoms with Gasteiger partial charge in [-0.15, -0.1) is 13.2 Å². The number of hydrogen-bond acceptors (Lipinski definition) is 4. The summed E-state index contributed by atoms with van der Waals surface area (Å²) < 4.78 is 39.4. The van der Waals surface area contributed by atoms with E-state index in [0.29, 0.717) is 6.08 Å². The van der Waals surface area contributed by atoms with Crippen LogP contribution in [0.2, 0.25) is 0 Å². The number of benzene rings is 1. The van der Waals surface area contributed by atoms with Gasteiger partial charge >= 0.3 is 18.3 Å². The minimum Gasteiger partial charge on any atom is -0.478 e. The smallest absolute Gasteiger partial charge is 0.478 e. The van der Waals surface area contributed by atoms with E-state index in [-0.39, 0.29) is 5.69 Å². The van der Waals surface area contributed by atoms with Crippen molar-refractivity contribution in [3.05, 3.63) is 36.0 Å². The van der Waals surface area contributed by atoms with Gasteiger partial charge in [-0.3, -0.25) is 0 Å². The number of rotatable bonds is 5. The maximum absolute atomic E-state index is 11.9. The first-order valence-electron chi connectivity index (χ1n) is 4.98. The molecule has 0 spiro atoms. The quantitative estimate of drug-likeness (QED) is 0.718. The minimum absolute atomic E-state index is 0.0921. The predicted octanol–water partition coefficient (Wildman–Crippen LogP) is 2.05. The van der Waals surface area contributed by atoms with Crippen molar-refractivity contribution >= 4 is 17.6 Å². The lowest BCUT2D eigenvalue weighted by atomic mass is 10.3. The topological polar surface area (TPSA) is 95.9 Å². The maximum Gasteiger partial charge on any atom is 0.573 e. The highest BCUT2D eigenvalue weighted by atomic mass is 19.4. The first-order valence-corrected chi connectivity index (χ1v) is 4.98. The lowest BCUT2D eigenvalue weighted by molar-refractivity contribution is -0.274. The van der Waals surface area contributed by atoms with Gasteiger partial charge in [0.2, 0.25) is 0 Å². The molecule has 0 unspecified atom stereocenters. The molecule has 20 heavy (non-hydrogen) atoms. The zero-order valence-electron chi connectivity index (χ0n) is 9.64. The van der Waals surface area contributed by atoms with Crippen LogP contribution in [0.4, 0.5) is 18.9 Å². The summed E-state index contributed by atoms with van der Waals surface area (Å²) in [7, 11) is 0. The highest BCUT2D eigenvalue weighted by Crippen LogP contribution is 2.24. The molecule has 1 aromatic carbocycles. The van der Waals surface area contributed by atoms with Crippen LogP contribution in [0.25, 0.3) is 0 Å². The molecule has 0 heterocycles. The number of alkyl halides is 3. The van der Waals surface area contributed by atoms with Crippen LogP contribution in [0.1, 0.15) is 0 Å². The van der Waals surface area contributed by atoms with E-state index in [1.54, 1.807) is 0 Å². The van der Waals surface area contributed by atoms with Gasteiger partial charge in [-0.2, -0.15) is 0 Å². The van der Waals surface area contributed by atoms with Gasteiger partial charge in [0, 0.05) is 5.69 Å². The van der Waals surface area contributed by atoms with E-state index >= 15 is 0 Å². The van der Waals surface area contributed by atoms with E-state index in [0.717, 1.165) is 24.3 Å².